The largest absolute Gasteiger partial charge is 0.491 e. The summed E-state index contributed by atoms with van der Waals surface area (Å²) in [4.78, 5) is 16.3. The van der Waals surface area contributed by atoms with Gasteiger partial charge in [-0.1, -0.05) is 0 Å². The molecule has 158 valence electrons. The smallest absolute Gasteiger partial charge is 0.238 e. The van der Waals surface area contributed by atoms with E-state index in [4.69, 9.17) is 10.00 Å². The van der Waals surface area contributed by atoms with E-state index in [0.717, 1.165) is 26.2 Å². The summed E-state index contributed by atoms with van der Waals surface area (Å²) in [6.45, 7) is 3.88. The fourth-order valence-electron chi connectivity index (χ4n) is 3.24. The second-order valence-electron chi connectivity index (χ2n) is 7.23. The van der Waals surface area contributed by atoms with Crippen LogP contribution in [-0.4, -0.2) is 72.8 Å². The van der Waals surface area contributed by atoms with E-state index in [-0.39, 0.29) is 24.9 Å². The summed E-state index contributed by atoms with van der Waals surface area (Å²) in [7, 11) is 0. The summed E-state index contributed by atoms with van der Waals surface area (Å²) < 4.78 is 18.5. The highest BCUT2D eigenvalue weighted by atomic mass is 19.1. The lowest BCUT2D eigenvalue weighted by Gasteiger charge is -2.35. The lowest BCUT2D eigenvalue weighted by molar-refractivity contribution is -0.117. The van der Waals surface area contributed by atoms with E-state index in [0.29, 0.717) is 23.5 Å². The quantitative estimate of drug-likeness (QED) is 0.686. The predicted octanol–water partition coefficient (Wildman–Crippen LogP) is 1.69. The number of carbonyl (C=O) groups is 1. The molecule has 2 N–H and O–H groups in total. The zero-order valence-corrected chi connectivity index (χ0v) is 16.6. The monoisotopic (exact) mass is 412 g/mol. The number of amides is 1. The fraction of sp³-hybridized carbons (Fsp3) is 0.364. The van der Waals surface area contributed by atoms with E-state index in [2.05, 4.69) is 15.1 Å². The number of halogens is 1. The summed E-state index contributed by atoms with van der Waals surface area (Å²) in [5.41, 5.74) is 1.14. The first kappa shape index (κ1) is 21.7. The number of benzene rings is 2. The molecular formula is C22H25FN4O3. The van der Waals surface area contributed by atoms with Crippen LogP contribution in [0, 0.1) is 17.1 Å². The number of nitrogens with one attached hydrogen (secondary N) is 1. The number of piperazine rings is 1. The van der Waals surface area contributed by atoms with Gasteiger partial charge in [0.15, 0.2) is 0 Å². The molecule has 2 aromatic rings. The van der Waals surface area contributed by atoms with Gasteiger partial charge in [-0.2, -0.15) is 5.26 Å². The predicted molar refractivity (Wildman–Crippen MR) is 111 cm³/mol. The van der Waals surface area contributed by atoms with Crippen LogP contribution < -0.4 is 10.1 Å². The van der Waals surface area contributed by atoms with Gasteiger partial charge in [0.2, 0.25) is 5.91 Å². The number of aliphatic hydroxyl groups is 1. The molecule has 8 heteroatoms. The molecule has 3 rings (SSSR count). The normalized spacial score (nSPS) is 15.9. The molecule has 0 saturated carbocycles. The molecule has 1 aliphatic rings. The van der Waals surface area contributed by atoms with Crippen molar-refractivity contribution in [2.75, 3.05) is 51.2 Å². The number of hydrogen-bond donors (Lipinski definition) is 2. The van der Waals surface area contributed by atoms with E-state index in [1.807, 2.05) is 6.07 Å². The summed E-state index contributed by atoms with van der Waals surface area (Å²) in [5, 5.41) is 21.8. The van der Waals surface area contributed by atoms with Gasteiger partial charge in [-0.3, -0.25) is 14.6 Å². The summed E-state index contributed by atoms with van der Waals surface area (Å²) in [6, 6.07) is 14.5. The lowest BCUT2D eigenvalue weighted by atomic mass is 10.2. The van der Waals surface area contributed by atoms with Crippen LogP contribution in [0.4, 0.5) is 10.1 Å². The molecule has 1 fully saturated rings. The number of ether oxygens (including phenoxy) is 1. The van der Waals surface area contributed by atoms with E-state index in [9.17, 15) is 14.3 Å². The number of hydrogen-bond acceptors (Lipinski definition) is 6. The molecule has 30 heavy (non-hydrogen) atoms. The molecule has 0 unspecified atom stereocenters. The standard InChI is InChI=1S/C22H25FN4O3/c23-18-3-5-19(6-4-18)25-22(29)15-27-11-9-26(10-12-27)14-20(28)16-30-21-7-1-17(13-24)2-8-21/h1-8,20,28H,9-12,14-16H2,(H,25,29)/t20-/m1/s1. The Kier molecular flexibility index (Phi) is 7.74. The molecule has 0 aliphatic carbocycles. The number of rotatable bonds is 8. The first-order chi connectivity index (χ1) is 14.5. The molecule has 1 saturated heterocycles. The average Bonchev–Trinajstić information content (AvgIpc) is 2.75. The van der Waals surface area contributed by atoms with Crippen molar-refractivity contribution in [1.82, 2.24) is 9.80 Å². The van der Waals surface area contributed by atoms with Crippen LogP contribution in [0.3, 0.4) is 0 Å². The van der Waals surface area contributed by atoms with Crippen LogP contribution in [-0.2, 0) is 4.79 Å². The molecule has 0 radical (unpaired) electrons. The molecule has 1 aliphatic heterocycles. The topological polar surface area (TPSA) is 88.8 Å². The van der Waals surface area contributed by atoms with Gasteiger partial charge >= 0.3 is 0 Å². The third kappa shape index (κ3) is 6.81. The van der Waals surface area contributed by atoms with Crippen molar-refractivity contribution in [3.05, 3.63) is 59.9 Å². The van der Waals surface area contributed by atoms with Crippen molar-refractivity contribution < 1.29 is 19.0 Å². The van der Waals surface area contributed by atoms with Crippen molar-refractivity contribution >= 4 is 11.6 Å². The maximum absolute atomic E-state index is 12.9. The molecule has 1 atom stereocenters. The van der Waals surface area contributed by atoms with Gasteiger partial charge in [0.1, 0.15) is 24.3 Å². The van der Waals surface area contributed by atoms with Gasteiger partial charge in [-0.05, 0) is 48.5 Å². The van der Waals surface area contributed by atoms with Crippen LogP contribution in [0.25, 0.3) is 0 Å². The SMILES string of the molecule is N#Cc1ccc(OC[C@H](O)CN2CCN(CC(=O)Nc3ccc(F)cc3)CC2)cc1. The molecule has 0 aromatic heterocycles. The van der Waals surface area contributed by atoms with Crippen molar-refractivity contribution in [3.8, 4) is 11.8 Å². The van der Waals surface area contributed by atoms with Gasteiger partial charge < -0.3 is 15.2 Å². The van der Waals surface area contributed by atoms with Crippen LogP contribution in [0.2, 0.25) is 0 Å². The van der Waals surface area contributed by atoms with Crippen LogP contribution in [0.5, 0.6) is 5.75 Å². The minimum Gasteiger partial charge on any atom is -0.491 e. The highest BCUT2D eigenvalue weighted by molar-refractivity contribution is 5.92. The second-order valence-corrected chi connectivity index (χ2v) is 7.23. The number of anilines is 1. The Morgan fingerprint density at radius 1 is 1.10 bits per heavy atom. The van der Waals surface area contributed by atoms with E-state index in [1.165, 1.54) is 24.3 Å². The Morgan fingerprint density at radius 3 is 2.37 bits per heavy atom. The third-order valence-electron chi connectivity index (χ3n) is 4.85. The van der Waals surface area contributed by atoms with E-state index in [1.54, 1.807) is 24.3 Å². The Hall–Kier alpha value is -2.99. The Morgan fingerprint density at radius 2 is 1.73 bits per heavy atom. The summed E-state index contributed by atoms with van der Waals surface area (Å²) in [6.07, 6.45) is -0.631. The lowest BCUT2D eigenvalue weighted by Crippen LogP contribution is -2.50. The highest BCUT2D eigenvalue weighted by Crippen LogP contribution is 2.12. The molecule has 2 aromatic carbocycles. The maximum Gasteiger partial charge on any atom is 0.238 e. The van der Waals surface area contributed by atoms with Crippen LogP contribution >= 0.6 is 0 Å². The van der Waals surface area contributed by atoms with Crippen molar-refractivity contribution in [2.45, 2.75) is 6.10 Å². The molecule has 0 bridgehead atoms. The van der Waals surface area contributed by atoms with Crippen molar-refractivity contribution in [3.63, 3.8) is 0 Å². The molecule has 1 heterocycles. The fourth-order valence-corrected chi connectivity index (χ4v) is 3.24. The van der Waals surface area contributed by atoms with Gasteiger partial charge in [0.25, 0.3) is 0 Å². The first-order valence-electron chi connectivity index (χ1n) is 9.83. The molecule has 7 nitrogen and oxygen atoms in total. The van der Waals surface area contributed by atoms with Gasteiger partial charge in [-0.25, -0.2) is 4.39 Å². The number of carbonyl (C=O) groups excluding carboxylic acids is 1. The minimum absolute atomic E-state index is 0.133. The number of nitrogens with zero attached hydrogens (tertiary/aromatic N) is 3. The van der Waals surface area contributed by atoms with E-state index < -0.39 is 6.10 Å². The van der Waals surface area contributed by atoms with Crippen LogP contribution in [0.1, 0.15) is 5.56 Å². The maximum atomic E-state index is 12.9. The van der Waals surface area contributed by atoms with Gasteiger partial charge in [0.05, 0.1) is 18.2 Å². The number of aliphatic hydroxyl groups excluding tert-OH is 1. The number of nitriles is 1. The zero-order valence-electron chi connectivity index (χ0n) is 16.6. The minimum atomic E-state index is -0.631. The van der Waals surface area contributed by atoms with Crippen molar-refractivity contribution in [2.24, 2.45) is 0 Å². The third-order valence-corrected chi connectivity index (χ3v) is 4.85. The molecule has 1 amide bonds. The highest BCUT2D eigenvalue weighted by Gasteiger charge is 2.21. The zero-order chi connectivity index (χ0) is 21.3. The van der Waals surface area contributed by atoms with Crippen molar-refractivity contribution in [1.29, 1.82) is 5.26 Å². The molecular weight excluding hydrogens is 387 g/mol. The Balaban J connectivity index is 1.33. The summed E-state index contributed by atoms with van der Waals surface area (Å²) >= 11 is 0. The Bertz CT molecular complexity index is 859. The van der Waals surface area contributed by atoms with Crippen LogP contribution in [0.15, 0.2) is 48.5 Å². The van der Waals surface area contributed by atoms with E-state index >= 15 is 0 Å². The number of β-amino-alcohol motifs (C(OH)–C–C–N with tert-alkyl or cyclic N) is 1. The van der Waals surface area contributed by atoms with Gasteiger partial charge in [0, 0.05) is 38.4 Å². The summed E-state index contributed by atoms with van der Waals surface area (Å²) in [5.74, 6) is 0.143. The second kappa shape index (κ2) is 10.7. The average molecular weight is 412 g/mol. The molecule has 0 spiro atoms. The first-order valence-corrected chi connectivity index (χ1v) is 9.83. The van der Waals surface area contributed by atoms with Gasteiger partial charge in [-0.15, -0.1) is 0 Å². The Labute approximate surface area is 175 Å².